The molecule has 4 rings (SSSR count). The molecular weight excluding hydrogens is 387 g/mol. The van der Waals surface area contributed by atoms with Crippen LogP contribution in [0.5, 0.6) is 0 Å². The molecule has 2 heterocycles. The Kier molecular flexibility index (Phi) is 6.06. The minimum Gasteiger partial charge on any atom is -0.383 e. The van der Waals surface area contributed by atoms with Crippen LogP contribution in [0.3, 0.4) is 0 Å². The molecule has 30 heavy (non-hydrogen) atoms. The van der Waals surface area contributed by atoms with Gasteiger partial charge in [0.2, 0.25) is 5.43 Å². The second-order valence-electron chi connectivity index (χ2n) is 8.00. The first-order valence-electron chi connectivity index (χ1n) is 10.7. The van der Waals surface area contributed by atoms with Crippen molar-refractivity contribution >= 4 is 22.5 Å². The molecule has 0 atom stereocenters. The number of fused-ring (bicyclic) bond motifs is 1. The van der Waals surface area contributed by atoms with E-state index in [1.54, 1.807) is 19.4 Å². The molecule has 2 aromatic rings. The number of pyridine rings is 1. The number of aromatic nitrogens is 1. The number of carbonyl (C=O) groups excluding carboxylic acids is 1. The fourth-order valence-electron chi connectivity index (χ4n) is 4.08. The number of nitrogens with one attached hydrogen (secondary N) is 1. The van der Waals surface area contributed by atoms with Crippen molar-refractivity contribution in [1.29, 1.82) is 0 Å². The van der Waals surface area contributed by atoms with Crippen LogP contribution < -0.4 is 15.6 Å². The number of benzene rings is 1. The van der Waals surface area contributed by atoms with Crippen molar-refractivity contribution in [3.05, 3.63) is 39.9 Å². The summed E-state index contributed by atoms with van der Waals surface area (Å²) in [5, 5.41) is 2.95. The van der Waals surface area contributed by atoms with Gasteiger partial charge in [-0.3, -0.25) is 9.59 Å². The highest BCUT2D eigenvalue weighted by Gasteiger charge is 2.28. The lowest BCUT2D eigenvalue weighted by atomic mass is 10.1. The van der Waals surface area contributed by atoms with Crippen LogP contribution in [0.1, 0.15) is 36.2 Å². The summed E-state index contributed by atoms with van der Waals surface area (Å²) in [6, 6.07) is 3.34. The van der Waals surface area contributed by atoms with Gasteiger partial charge in [-0.2, -0.15) is 0 Å². The van der Waals surface area contributed by atoms with Gasteiger partial charge in [0.1, 0.15) is 11.4 Å². The molecule has 162 valence electrons. The Morgan fingerprint density at radius 1 is 1.23 bits per heavy atom. The van der Waals surface area contributed by atoms with Gasteiger partial charge in [-0.15, -0.1) is 0 Å². The quantitative estimate of drug-likeness (QED) is 0.700. The van der Waals surface area contributed by atoms with Gasteiger partial charge in [0.15, 0.2) is 0 Å². The molecule has 7 nitrogen and oxygen atoms in total. The Bertz CT molecular complexity index is 994. The number of anilines is 1. The SMILES string of the molecule is CCN1CCN(c2cc3c(cc2F)c(=O)c(C(=O)NCCOC)cn3C2CC2)CC1. The highest BCUT2D eigenvalue weighted by molar-refractivity contribution is 5.98. The van der Waals surface area contributed by atoms with E-state index in [-0.39, 0.29) is 17.0 Å². The lowest BCUT2D eigenvalue weighted by Gasteiger charge is -2.35. The Morgan fingerprint density at radius 3 is 2.60 bits per heavy atom. The fraction of sp³-hybridized carbons (Fsp3) is 0.545. The van der Waals surface area contributed by atoms with Crippen molar-refractivity contribution in [2.45, 2.75) is 25.8 Å². The Balaban J connectivity index is 1.73. The highest BCUT2D eigenvalue weighted by atomic mass is 19.1. The largest absolute Gasteiger partial charge is 0.383 e. The van der Waals surface area contributed by atoms with Crippen molar-refractivity contribution in [2.24, 2.45) is 0 Å². The fourth-order valence-corrected chi connectivity index (χ4v) is 4.08. The summed E-state index contributed by atoms with van der Waals surface area (Å²) in [4.78, 5) is 30.0. The predicted molar refractivity (Wildman–Crippen MR) is 115 cm³/mol. The van der Waals surface area contributed by atoms with Gasteiger partial charge in [-0.25, -0.2) is 4.39 Å². The number of carbonyl (C=O) groups is 1. The summed E-state index contributed by atoms with van der Waals surface area (Å²) >= 11 is 0. The third kappa shape index (κ3) is 4.06. The lowest BCUT2D eigenvalue weighted by Crippen LogP contribution is -2.46. The molecule has 1 aromatic heterocycles. The van der Waals surface area contributed by atoms with Gasteiger partial charge in [0.25, 0.3) is 5.91 Å². The number of likely N-dealkylation sites (N-methyl/N-ethyl adjacent to an activating group) is 1. The molecule has 0 unspecified atom stereocenters. The summed E-state index contributed by atoms with van der Waals surface area (Å²) in [6.45, 7) is 7.09. The number of hydrogen-bond acceptors (Lipinski definition) is 5. The molecule has 1 aliphatic carbocycles. The number of piperazine rings is 1. The number of nitrogens with zero attached hydrogens (tertiary/aromatic N) is 3. The van der Waals surface area contributed by atoms with Crippen LogP contribution in [-0.2, 0) is 4.74 Å². The van der Waals surface area contributed by atoms with E-state index in [0.29, 0.717) is 24.4 Å². The van der Waals surface area contributed by atoms with E-state index in [2.05, 4.69) is 17.1 Å². The molecule has 0 bridgehead atoms. The Labute approximate surface area is 175 Å². The van der Waals surface area contributed by atoms with Crippen LogP contribution in [0.25, 0.3) is 10.9 Å². The number of hydrogen-bond donors (Lipinski definition) is 1. The van der Waals surface area contributed by atoms with Crippen molar-refractivity contribution in [1.82, 2.24) is 14.8 Å². The molecule has 1 aromatic carbocycles. The van der Waals surface area contributed by atoms with Crippen molar-refractivity contribution in [2.75, 3.05) is 57.9 Å². The predicted octanol–water partition coefficient (Wildman–Crippen LogP) is 1.99. The van der Waals surface area contributed by atoms with Crippen LogP contribution in [0.4, 0.5) is 10.1 Å². The van der Waals surface area contributed by atoms with E-state index in [1.165, 1.54) is 6.07 Å². The smallest absolute Gasteiger partial charge is 0.256 e. The van der Waals surface area contributed by atoms with Crippen molar-refractivity contribution in [3.63, 3.8) is 0 Å². The van der Waals surface area contributed by atoms with Crippen molar-refractivity contribution in [3.8, 4) is 0 Å². The molecular formula is C22H29FN4O3. The van der Waals surface area contributed by atoms with Gasteiger partial charge in [0, 0.05) is 57.5 Å². The summed E-state index contributed by atoms with van der Waals surface area (Å²) in [5.41, 5.74) is 0.849. The maximum Gasteiger partial charge on any atom is 0.256 e. The van der Waals surface area contributed by atoms with E-state index in [9.17, 15) is 9.59 Å². The minimum absolute atomic E-state index is 0.0502. The van der Waals surface area contributed by atoms with Gasteiger partial charge in [-0.1, -0.05) is 6.92 Å². The van der Waals surface area contributed by atoms with E-state index in [0.717, 1.165) is 45.6 Å². The summed E-state index contributed by atoms with van der Waals surface area (Å²) in [7, 11) is 1.55. The Morgan fingerprint density at radius 2 is 1.97 bits per heavy atom. The number of halogens is 1. The zero-order valence-electron chi connectivity index (χ0n) is 17.6. The third-order valence-corrected chi connectivity index (χ3v) is 6.04. The minimum atomic E-state index is -0.450. The molecule has 1 saturated carbocycles. The molecule has 0 radical (unpaired) electrons. The van der Waals surface area contributed by atoms with Crippen LogP contribution in [0.15, 0.2) is 23.1 Å². The first-order chi connectivity index (χ1) is 14.5. The molecule has 1 saturated heterocycles. The zero-order chi connectivity index (χ0) is 21.3. The molecule has 0 spiro atoms. The molecule has 8 heteroatoms. The van der Waals surface area contributed by atoms with Gasteiger partial charge in [-0.05, 0) is 31.5 Å². The lowest BCUT2D eigenvalue weighted by molar-refractivity contribution is 0.0935. The van der Waals surface area contributed by atoms with E-state index in [4.69, 9.17) is 4.74 Å². The second kappa shape index (κ2) is 8.73. The molecule has 1 N–H and O–H groups in total. The van der Waals surface area contributed by atoms with E-state index < -0.39 is 17.2 Å². The van der Waals surface area contributed by atoms with E-state index in [1.807, 2.05) is 9.47 Å². The van der Waals surface area contributed by atoms with Crippen LogP contribution in [-0.4, -0.2) is 68.4 Å². The second-order valence-corrected chi connectivity index (χ2v) is 8.00. The first kappa shape index (κ1) is 20.8. The summed E-state index contributed by atoms with van der Waals surface area (Å²) in [5.74, 6) is -0.864. The number of rotatable bonds is 7. The molecule has 1 aliphatic heterocycles. The first-order valence-corrected chi connectivity index (χ1v) is 10.7. The standard InChI is InChI=1S/C22H29FN4O3/c1-3-25-7-9-26(10-8-25)20-13-19-16(12-18(20)23)21(28)17(14-27(19)15-4-5-15)22(29)24-6-11-30-2/h12-15H,3-11H2,1-2H3,(H,24,29). The average Bonchev–Trinajstić information content (AvgIpc) is 3.59. The molecule has 1 amide bonds. The number of methoxy groups -OCH3 is 1. The number of amides is 1. The Hall–Kier alpha value is -2.45. The third-order valence-electron chi connectivity index (χ3n) is 6.04. The maximum atomic E-state index is 15.1. The van der Waals surface area contributed by atoms with Crippen molar-refractivity contribution < 1.29 is 13.9 Å². The van der Waals surface area contributed by atoms with Crippen LogP contribution in [0, 0.1) is 5.82 Å². The summed E-state index contributed by atoms with van der Waals surface area (Å²) < 4.78 is 22.0. The summed E-state index contributed by atoms with van der Waals surface area (Å²) in [6.07, 6.45) is 3.62. The van der Waals surface area contributed by atoms with Gasteiger partial charge in [0.05, 0.1) is 17.8 Å². The van der Waals surface area contributed by atoms with Crippen LogP contribution in [0.2, 0.25) is 0 Å². The topological polar surface area (TPSA) is 66.8 Å². The normalized spacial score (nSPS) is 17.5. The van der Waals surface area contributed by atoms with Gasteiger partial charge >= 0.3 is 0 Å². The zero-order valence-corrected chi connectivity index (χ0v) is 17.6. The van der Waals surface area contributed by atoms with Crippen LogP contribution >= 0.6 is 0 Å². The molecule has 2 aliphatic rings. The average molecular weight is 416 g/mol. The monoisotopic (exact) mass is 416 g/mol. The number of ether oxygens (including phenoxy) is 1. The molecule has 2 fully saturated rings. The van der Waals surface area contributed by atoms with E-state index >= 15 is 4.39 Å². The highest BCUT2D eigenvalue weighted by Crippen LogP contribution is 2.38. The maximum absolute atomic E-state index is 15.1. The van der Waals surface area contributed by atoms with Gasteiger partial charge < -0.3 is 24.4 Å².